The molecule has 4 aromatic rings. The Bertz CT molecular complexity index is 1110. The highest BCUT2D eigenvalue weighted by molar-refractivity contribution is 5.85. The van der Waals surface area contributed by atoms with Crippen LogP contribution in [0.2, 0.25) is 0 Å². The lowest BCUT2D eigenvalue weighted by molar-refractivity contribution is -0.384. The second-order valence-corrected chi connectivity index (χ2v) is 5.55. The van der Waals surface area contributed by atoms with Crippen LogP contribution >= 0.6 is 0 Å². The standard InChI is InChI=1S/C19H12FN3O3/c20-16-3-1-2-4-17(16)26-18-9-11-21-22-12-10-15(19(18)22)13-5-7-14(8-6-13)23(24)25/h1-12H. The lowest BCUT2D eigenvalue weighted by atomic mass is 10.1. The SMILES string of the molecule is O=[N+]([O-])c1ccc(-c2ccn3nccc(Oc4ccccc4F)c23)cc1. The van der Waals surface area contributed by atoms with E-state index in [9.17, 15) is 14.5 Å². The minimum Gasteiger partial charge on any atom is -0.452 e. The average Bonchev–Trinajstić information content (AvgIpc) is 3.09. The molecule has 0 N–H and O–H groups in total. The van der Waals surface area contributed by atoms with Crippen LogP contribution in [0.3, 0.4) is 0 Å². The van der Waals surface area contributed by atoms with Crippen LogP contribution in [-0.2, 0) is 0 Å². The molecule has 0 aliphatic carbocycles. The Labute approximate surface area is 147 Å². The summed E-state index contributed by atoms with van der Waals surface area (Å²) in [5, 5.41) is 15.1. The summed E-state index contributed by atoms with van der Waals surface area (Å²) in [7, 11) is 0. The summed E-state index contributed by atoms with van der Waals surface area (Å²) in [5.74, 6) is 0.0748. The molecule has 0 amide bonds. The molecular weight excluding hydrogens is 337 g/mol. The Morgan fingerprint density at radius 1 is 1.00 bits per heavy atom. The minimum absolute atomic E-state index is 0.0122. The summed E-state index contributed by atoms with van der Waals surface area (Å²) in [6.07, 6.45) is 3.31. The molecule has 2 aromatic heterocycles. The number of hydrogen-bond acceptors (Lipinski definition) is 4. The van der Waals surface area contributed by atoms with E-state index in [-0.39, 0.29) is 11.4 Å². The Morgan fingerprint density at radius 2 is 1.77 bits per heavy atom. The van der Waals surface area contributed by atoms with E-state index in [0.29, 0.717) is 11.3 Å². The van der Waals surface area contributed by atoms with Crippen LogP contribution in [0.5, 0.6) is 11.5 Å². The first kappa shape index (κ1) is 15.8. The van der Waals surface area contributed by atoms with Gasteiger partial charge in [-0.15, -0.1) is 0 Å². The third-order valence-electron chi connectivity index (χ3n) is 3.96. The lowest BCUT2D eigenvalue weighted by Crippen LogP contribution is -1.95. The van der Waals surface area contributed by atoms with Crippen LogP contribution in [0.15, 0.2) is 73.1 Å². The van der Waals surface area contributed by atoms with Crippen LogP contribution in [-0.4, -0.2) is 14.5 Å². The van der Waals surface area contributed by atoms with Crippen molar-refractivity contribution in [3.63, 3.8) is 0 Å². The Morgan fingerprint density at radius 3 is 2.50 bits per heavy atom. The number of benzene rings is 2. The largest absolute Gasteiger partial charge is 0.452 e. The third-order valence-corrected chi connectivity index (χ3v) is 3.96. The molecule has 2 aromatic carbocycles. The quantitative estimate of drug-likeness (QED) is 0.390. The molecule has 0 fully saturated rings. The zero-order valence-electron chi connectivity index (χ0n) is 13.4. The molecule has 0 radical (unpaired) electrons. The van der Waals surface area contributed by atoms with Crippen molar-refractivity contribution in [1.29, 1.82) is 0 Å². The molecule has 0 unspecified atom stereocenters. The highest BCUT2D eigenvalue weighted by atomic mass is 19.1. The molecule has 7 heteroatoms. The Kier molecular flexibility index (Phi) is 3.81. The fourth-order valence-corrected chi connectivity index (χ4v) is 2.74. The third kappa shape index (κ3) is 2.75. The number of halogens is 1. The van der Waals surface area contributed by atoms with Gasteiger partial charge in [-0.3, -0.25) is 10.1 Å². The van der Waals surface area contributed by atoms with Gasteiger partial charge in [0.1, 0.15) is 5.52 Å². The zero-order valence-corrected chi connectivity index (χ0v) is 13.4. The minimum atomic E-state index is -0.467. The first-order chi connectivity index (χ1) is 12.6. The molecule has 6 nitrogen and oxygen atoms in total. The van der Waals surface area contributed by atoms with Crippen LogP contribution in [0.25, 0.3) is 16.6 Å². The number of nitro groups is 1. The van der Waals surface area contributed by atoms with Gasteiger partial charge in [-0.1, -0.05) is 12.1 Å². The molecule has 0 saturated heterocycles. The van der Waals surface area contributed by atoms with Gasteiger partial charge in [-0.05, 0) is 35.9 Å². The molecule has 4 rings (SSSR count). The van der Waals surface area contributed by atoms with Crippen LogP contribution in [0.4, 0.5) is 10.1 Å². The number of aromatic nitrogens is 2. The molecule has 128 valence electrons. The molecule has 0 spiro atoms. The summed E-state index contributed by atoms with van der Waals surface area (Å²) in [5.41, 5.74) is 2.20. The number of ether oxygens (including phenoxy) is 1. The number of nitro benzene ring substituents is 1. The maximum atomic E-state index is 13.9. The molecule has 0 bridgehead atoms. The summed E-state index contributed by atoms with van der Waals surface area (Å²) in [4.78, 5) is 10.4. The maximum absolute atomic E-state index is 13.9. The van der Waals surface area contributed by atoms with Crippen molar-refractivity contribution >= 4 is 11.2 Å². The van der Waals surface area contributed by atoms with Crippen molar-refractivity contribution in [3.05, 3.63) is 89.0 Å². The number of nitrogens with zero attached hydrogens (tertiary/aromatic N) is 3. The van der Waals surface area contributed by atoms with E-state index in [2.05, 4.69) is 5.10 Å². The van der Waals surface area contributed by atoms with Gasteiger partial charge in [0.25, 0.3) is 5.69 Å². The Hall–Kier alpha value is -3.74. The number of rotatable bonds is 4. The average molecular weight is 349 g/mol. The summed E-state index contributed by atoms with van der Waals surface area (Å²) in [6, 6.07) is 15.8. The van der Waals surface area contributed by atoms with E-state index in [1.165, 1.54) is 18.2 Å². The van der Waals surface area contributed by atoms with Crippen molar-refractivity contribution in [1.82, 2.24) is 9.61 Å². The first-order valence-electron chi connectivity index (χ1n) is 7.77. The normalized spacial score (nSPS) is 10.8. The molecule has 0 aliphatic rings. The predicted molar refractivity (Wildman–Crippen MR) is 93.8 cm³/mol. The Balaban J connectivity index is 1.82. The van der Waals surface area contributed by atoms with Gasteiger partial charge in [-0.25, -0.2) is 8.91 Å². The van der Waals surface area contributed by atoms with Gasteiger partial charge in [0.15, 0.2) is 17.3 Å². The van der Waals surface area contributed by atoms with E-state index in [1.807, 2.05) is 6.07 Å². The monoisotopic (exact) mass is 349 g/mol. The topological polar surface area (TPSA) is 69.7 Å². The van der Waals surface area contributed by atoms with Crippen molar-refractivity contribution < 1.29 is 14.1 Å². The molecule has 0 aliphatic heterocycles. The molecule has 2 heterocycles. The second-order valence-electron chi connectivity index (χ2n) is 5.55. The fourth-order valence-electron chi connectivity index (χ4n) is 2.74. The van der Waals surface area contributed by atoms with Gasteiger partial charge in [-0.2, -0.15) is 5.10 Å². The molecule has 0 atom stereocenters. The van der Waals surface area contributed by atoms with Crippen LogP contribution < -0.4 is 4.74 Å². The van der Waals surface area contributed by atoms with Crippen molar-refractivity contribution in [3.8, 4) is 22.6 Å². The van der Waals surface area contributed by atoms with Gasteiger partial charge in [0.05, 0.1) is 11.1 Å². The van der Waals surface area contributed by atoms with Gasteiger partial charge in [0.2, 0.25) is 0 Å². The highest BCUT2D eigenvalue weighted by Gasteiger charge is 2.14. The molecular formula is C19H12FN3O3. The number of para-hydroxylation sites is 1. The van der Waals surface area contributed by atoms with Gasteiger partial charge in [0, 0.05) is 30.0 Å². The van der Waals surface area contributed by atoms with E-state index < -0.39 is 10.7 Å². The van der Waals surface area contributed by atoms with Gasteiger partial charge >= 0.3 is 0 Å². The first-order valence-corrected chi connectivity index (χ1v) is 7.77. The smallest absolute Gasteiger partial charge is 0.269 e. The van der Waals surface area contributed by atoms with E-state index in [0.717, 1.165) is 11.1 Å². The van der Waals surface area contributed by atoms with E-state index in [1.54, 1.807) is 53.3 Å². The lowest BCUT2D eigenvalue weighted by Gasteiger charge is -2.10. The number of non-ortho nitro benzene ring substituents is 1. The summed E-state index contributed by atoms with van der Waals surface area (Å²) in [6.45, 7) is 0. The highest BCUT2D eigenvalue weighted by Crippen LogP contribution is 2.35. The van der Waals surface area contributed by atoms with Gasteiger partial charge < -0.3 is 4.74 Å². The molecule has 0 saturated carbocycles. The van der Waals surface area contributed by atoms with Crippen molar-refractivity contribution in [2.75, 3.05) is 0 Å². The van der Waals surface area contributed by atoms with E-state index >= 15 is 0 Å². The summed E-state index contributed by atoms with van der Waals surface area (Å²) >= 11 is 0. The second kappa shape index (κ2) is 6.29. The summed E-state index contributed by atoms with van der Waals surface area (Å²) < 4.78 is 21.3. The molecule has 26 heavy (non-hydrogen) atoms. The van der Waals surface area contributed by atoms with Crippen molar-refractivity contribution in [2.24, 2.45) is 0 Å². The van der Waals surface area contributed by atoms with E-state index in [4.69, 9.17) is 4.74 Å². The zero-order chi connectivity index (χ0) is 18.1. The maximum Gasteiger partial charge on any atom is 0.269 e. The van der Waals surface area contributed by atoms with Crippen LogP contribution in [0, 0.1) is 15.9 Å². The predicted octanol–water partition coefficient (Wildman–Crippen LogP) is 4.84. The number of fused-ring (bicyclic) bond motifs is 1. The van der Waals surface area contributed by atoms with Crippen molar-refractivity contribution in [2.45, 2.75) is 0 Å². The number of hydrogen-bond donors (Lipinski definition) is 0. The van der Waals surface area contributed by atoms with Crippen LogP contribution in [0.1, 0.15) is 0 Å². The fraction of sp³-hybridized carbons (Fsp3) is 0.